The van der Waals surface area contributed by atoms with Crippen molar-refractivity contribution in [3.05, 3.63) is 29.6 Å². The molecule has 29 heavy (non-hydrogen) atoms. The van der Waals surface area contributed by atoms with E-state index in [4.69, 9.17) is 13.9 Å². The molecule has 160 valence electrons. The molecule has 0 aliphatic carbocycles. The van der Waals surface area contributed by atoms with Gasteiger partial charge in [0.25, 0.3) is 5.91 Å². The molecular formula is C18H24FIN3O5P. The van der Waals surface area contributed by atoms with E-state index in [0.29, 0.717) is 17.9 Å². The topological polar surface area (TPSA) is 80.7 Å². The van der Waals surface area contributed by atoms with Crippen LogP contribution in [0.15, 0.2) is 23.4 Å². The van der Waals surface area contributed by atoms with Gasteiger partial charge in [0, 0.05) is 18.0 Å². The number of para-hydroxylation sites is 1. The molecule has 11 heteroatoms. The number of hydrogen-bond acceptors (Lipinski definition) is 7. The molecule has 0 radical (unpaired) electrons. The number of hydrogen-bond donors (Lipinski definition) is 0. The Balaban J connectivity index is 2.03. The lowest BCUT2D eigenvalue weighted by molar-refractivity contribution is -0.157. The number of anilines is 1. The molecule has 1 spiro atoms. The first-order valence-corrected chi connectivity index (χ1v) is 12.6. The molecule has 1 atom stereocenters. The Morgan fingerprint density at radius 1 is 1.31 bits per heavy atom. The lowest BCUT2D eigenvalue weighted by Crippen LogP contribution is -2.53. The molecular weight excluding hydrogens is 515 g/mol. The summed E-state index contributed by atoms with van der Waals surface area (Å²) in [4.78, 5) is 21.9. The van der Waals surface area contributed by atoms with Crippen LogP contribution in [0.4, 0.5) is 10.1 Å². The monoisotopic (exact) mass is 539 g/mol. The second kappa shape index (κ2) is 8.87. The third-order valence-corrected chi connectivity index (χ3v) is 7.49. The minimum Gasteiger partial charge on any atom is -0.350 e. The van der Waals surface area contributed by atoms with Crippen LogP contribution in [0.1, 0.15) is 25.8 Å². The van der Waals surface area contributed by atoms with Crippen LogP contribution in [0.2, 0.25) is 0 Å². The molecule has 1 aromatic carbocycles. The van der Waals surface area contributed by atoms with Crippen molar-refractivity contribution in [2.75, 3.05) is 42.3 Å². The lowest BCUT2D eigenvalue weighted by atomic mass is 10.0. The van der Waals surface area contributed by atoms with Gasteiger partial charge in [0.1, 0.15) is 12.0 Å². The zero-order valence-corrected chi connectivity index (χ0v) is 19.6. The van der Waals surface area contributed by atoms with Crippen LogP contribution >= 0.6 is 30.2 Å². The van der Waals surface area contributed by atoms with Crippen molar-refractivity contribution in [3.8, 4) is 0 Å². The van der Waals surface area contributed by atoms with Crippen LogP contribution in [0.5, 0.6) is 0 Å². The Kier molecular flexibility index (Phi) is 6.87. The summed E-state index contributed by atoms with van der Waals surface area (Å²) in [6, 6.07) is 4.48. The van der Waals surface area contributed by atoms with E-state index in [2.05, 4.69) is 27.7 Å². The molecule has 0 saturated heterocycles. The molecule has 2 aliphatic heterocycles. The van der Waals surface area contributed by atoms with Crippen molar-refractivity contribution in [3.63, 3.8) is 0 Å². The van der Waals surface area contributed by atoms with Gasteiger partial charge in [0.2, 0.25) is 0 Å². The summed E-state index contributed by atoms with van der Waals surface area (Å²) in [5, 5.41) is 4.11. The van der Waals surface area contributed by atoms with E-state index in [-0.39, 0.29) is 25.1 Å². The van der Waals surface area contributed by atoms with E-state index in [1.54, 1.807) is 24.8 Å². The highest BCUT2D eigenvalue weighted by Gasteiger charge is 2.62. The number of benzene rings is 1. The number of amides is 1. The van der Waals surface area contributed by atoms with E-state index in [0.717, 1.165) is 10.8 Å². The quantitative estimate of drug-likeness (QED) is 0.271. The van der Waals surface area contributed by atoms with Gasteiger partial charge in [-0.2, -0.15) is 0 Å². The summed E-state index contributed by atoms with van der Waals surface area (Å²) >= 11 is 2.24. The Hall–Kier alpha value is -1.23. The van der Waals surface area contributed by atoms with E-state index in [1.807, 2.05) is 0 Å². The molecule has 2 aliphatic rings. The molecule has 0 fully saturated rings. The lowest BCUT2D eigenvalue weighted by Gasteiger charge is -2.33. The van der Waals surface area contributed by atoms with Gasteiger partial charge in [-0.3, -0.25) is 9.36 Å². The number of rotatable bonds is 9. The third-order valence-electron chi connectivity index (χ3n) is 4.76. The highest BCUT2D eigenvalue weighted by Crippen LogP contribution is 2.52. The maximum Gasteiger partial charge on any atom is 0.338 e. The fourth-order valence-corrected chi connectivity index (χ4v) is 5.60. The number of amidine groups is 1. The predicted octanol–water partition coefficient (Wildman–Crippen LogP) is 3.69. The average molecular weight is 539 g/mol. The Labute approximate surface area is 183 Å². The largest absolute Gasteiger partial charge is 0.350 e. The summed E-state index contributed by atoms with van der Waals surface area (Å²) in [5.74, 6) is -0.679. The van der Waals surface area contributed by atoms with E-state index >= 15 is 0 Å². The third kappa shape index (κ3) is 3.80. The summed E-state index contributed by atoms with van der Waals surface area (Å²) in [5.41, 5.74) is -1.08. The number of oxime groups is 1. The predicted molar refractivity (Wildman–Crippen MR) is 116 cm³/mol. The number of carbonyl (C=O) groups is 1. The van der Waals surface area contributed by atoms with Crippen LogP contribution < -0.4 is 4.90 Å². The Bertz CT molecular complexity index is 860. The normalized spacial score (nSPS) is 21.0. The van der Waals surface area contributed by atoms with Crippen molar-refractivity contribution >= 4 is 47.6 Å². The second-order valence-corrected chi connectivity index (χ2v) is 9.67. The van der Waals surface area contributed by atoms with Crippen LogP contribution in [0.25, 0.3) is 0 Å². The van der Waals surface area contributed by atoms with Gasteiger partial charge in [-0.25, -0.2) is 4.39 Å². The second-order valence-electron chi connectivity index (χ2n) is 6.54. The van der Waals surface area contributed by atoms with Gasteiger partial charge in [-0.05, 0) is 26.3 Å². The maximum atomic E-state index is 14.5. The molecule has 0 aromatic heterocycles. The van der Waals surface area contributed by atoms with Gasteiger partial charge in [0.15, 0.2) is 5.84 Å². The number of alkyl halides is 1. The number of nitrogens with zero attached hydrogens (tertiary/aromatic N) is 3. The van der Waals surface area contributed by atoms with Crippen LogP contribution in [0.3, 0.4) is 0 Å². The van der Waals surface area contributed by atoms with Gasteiger partial charge in [0.05, 0.1) is 24.5 Å². The molecule has 8 nitrogen and oxygen atoms in total. The fourth-order valence-electron chi connectivity index (χ4n) is 3.64. The first-order chi connectivity index (χ1) is 13.8. The molecule has 1 unspecified atom stereocenters. The SMILES string of the molecule is CCOP(=O)(CC1=NOC2(C(=O)N(C)c3c(F)cccc32)N1CCCI)OCC. The van der Waals surface area contributed by atoms with E-state index in [9.17, 15) is 13.8 Å². The average Bonchev–Trinajstić information content (AvgIpc) is 3.13. The first kappa shape index (κ1) is 22.5. The summed E-state index contributed by atoms with van der Waals surface area (Å²) in [7, 11) is -1.98. The molecule has 3 rings (SSSR count). The molecule has 1 amide bonds. The summed E-state index contributed by atoms with van der Waals surface area (Å²) in [6.07, 6.45) is 0.583. The summed E-state index contributed by atoms with van der Waals surface area (Å²) in [6.45, 7) is 4.28. The van der Waals surface area contributed by atoms with Crippen LogP contribution in [-0.2, 0) is 29.0 Å². The van der Waals surface area contributed by atoms with Gasteiger partial charge in [-0.1, -0.05) is 39.9 Å². The highest BCUT2D eigenvalue weighted by atomic mass is 127. The minimum atomic E-state index is -3.48. The number of fused-ring (bicyclic) bond motifs is 2. The first-order valence-electron chi connectivity index (χ1n) is 9.38. The van der Waals surface area contributed by atoms with E-state index < -0.39 is 25.0 Å². The van der Waals surface area contributed by atoms with Crippen molar-refractivity contribution in [1.29, 1.82) is 0 Å². The highest BCUT2D eigenvalue weighted by molar-refractivity contribution is 14.1. The van der Waals surface area contributed by atoms with Crippen molar-refractivity contribution in [1.82, 2.24) is 4.90 Å². The van der Waals surface area contributed by atoms with Gasteiger partial charge in [-0.15, -0.1) is 0 Å². The maximum absolute atomic E-state index is 14.5. The number of halogens is 2. The van der Waals surface area contributed by atoms with Crippen molar-refractivity contribution in [2.24, 2.45) is 5.16 Å². The fraction of sp³-hybridized carbons (Fsp3) is 0.556. The molecule has 0 N–H and O–H groups in total. The number of likely N-dealkylation sites (N-methyl/N-ethyl adjacent to an activating group) is 1. The molecule has 0 bridgehead atoms. The molecule has 0 saturated carbocycles. The zero-order valence-electron chi connectivity index (χ0n) is 16.6. The summed E-state index contributed by atoms with van der Waals surface area (Å²) < 4.78 is 39.2. The van der Waals surface area contributed by atoms with Crippen molar-refractivity contribution in [2.45, 2.75) is 26.0 Å². The van der Waals surface area contributed by atoms with Crippen molar-refractivity contribution < 1.29 is 27.6 Å². The smallest absolute Gasteiger partial charge is 0.338 e. The number of carbonyl (C=O) groups excluding carboxylic acids is 1. The standard InChI is InChI=1S/C18H24FIN3O5P/c1-4-26-29(25,27-5-2)12-15-21-28-18(23(15)11-7-10-20)13-8-6-9-14(19)16(13)22(3)17(18)24/h6,8-9H,4-5,7,10-12H2,1-3H3. The molecule has 1 aromatic rings. The van der Waals surface area contributed by atoms with Gasteiger partial charge >= 0.3 is 13.3 Å². The zero-order chi connectivity index (χ0) is 21.2. The molecule has 2 heterocycles. The Morgan fingerprint density at radius 3 is 2.62 bits per heavy atom. The van der Waals surface area contributed by atoms with Crippen LogP contribution in [-0.4, -0.2) is 54.0 Å². The van der Waals surface area contributed by atoms with E-state index in [1.165, 1.54) is 24.1 Å². The van der Waals surface area contributed by atoms with Crippen LogP contribution in [0, 0.1) is 5.82 Å². The van der Waals surface area contributed by atoms with Gasteiger partial charge < -0.3 is 23.7 Å². The Morgan fingerprint density at radius 2 is 2.00 bits per heavy atom. The minimum absolute atomic E-state index is 0.140.